The monoisotopic (exact) mass is 451 g/mol. The molecule has 0 spiro atoms. The first-order valence-corrected chi connectivity index (χ1v) is 12.9. The van der Waals surface area contributed by atoms with Crippen molar-refractivity contribution in [1.29, 1.82) is 0 Å². The van der Waals surface area contributed by atoms with Gasteiger partial charge in [-0.15, -0.1) is 0 Å². The Morgan fingerprint density at radius 3 is 2.09 bits per heavy atom. The Hall–Kier alpha value is -3.42. The van der Waals surface area contributed by atoms with Gasteiger partial charge >= 0.3 is 0 Å². The number of aryl methyl sites for hydroxylation is 1. The number of benzene rings is 4. The minimum Gasteiger partial charge on any atom is -0.497 e. The third-order valence-electron chi connectivity index (χ3n) is 6.28. The van der Waals surface area contributed by atoms with Gasteiger partial charge in [-0.1, -0.05) is 72.8 Å². The predicted molar refractivity (Wildman–Crippen MR) is 137 cm³/mol. The van der Waals surface area contributed by atoms with Crippen LogP contribution in [0.4, 0.5) is 0 Å². The lowest BCUT2D eigenvalue weighted by Gasteiger charge is -2.29. The van der Waals surface area contributed by atoms with Crippen LogP contribution in [0, 0.1) is 0 Å². The molecular formula is C29H26NO2P. The van der Waals surface area contributed by atoms with Gasteiger partial charge in [0, 0.05) is 16.5 Å². The molecule has 5 rings (SSSR count). The molecule has 0 bridgehead atoms. The van der Waals surface area contributed by atoms with Crippen LogP contribution in [0.25, 0.3) is 0 Å². The Kier molecular flexibility index (Phi) is 5.98. The minimum absolute atomic E-state index is 0.0377. The smallest absolute Gasteiger partial charge is 0.247 e. The molecule has 33 heavy (non-hydrogen) atoms. The first-order valence-electron chi connectivity index (χ1n) is 11.2. The number of fused-ring (bicyclic) bond motifs is 1. The second-order valence-corrected chi connectivity index (χ2v) is 10.6. The zero-order valence-corrected chi connectivity index (χ0v) is 19.5. The van der Waals surface area contributed by atoms with Crippen molar-refractivity contribution in [3.8, 4) is 5.75 Å². The molecule has 0 N–H and O–H groups in total. The Labute approximate surface area is 195 Å². The summed E-state index contributed by atoms with van der Waals surface area (Å²) in [5.41, 5.74) is 4.36. The molecule has 0 amide bonds. The van der Waals surface area contributed by atoms with Crippen LogP contribution in [0.15, 0.2) is 114 Å². The van der Waals surface area contributed by atoms with Crippen molar-refractivity contribution in [3.63, 3.8) is 0 Å². The molecule has 0 heterocycles. The first-order chi connectivity index (χ1) is 16.2. The van der Waals surface area contributed by atoms with E-state index in [9.17, 15) is 4.57 Å². The fraction of sp³-hybridized carbons (Fsp3) is 0.138. The van der Waals surface area contributed by atoms with E-state index in [0.717, 1.165) is 46.0 Å². The summed E-state index contributed by atoms with van der Waals surface area (Å²) in [5.74, 6) is 0.857. The summed E-state index contributed by atoms with van der Waals surface area (Å²) in [6.07, 6.45) is 1.87. The highest BCUT2D eigenvalue weighted by molar-refractivity contribution is 7.77. The van der Waals surface area contributed by atoms with Gasteiger partial charge in [-0.3, -0.25) is 4.57 Å². The predicted octanol–water partition coefficient (Wildman–Crippen LogP) is 6.14. The molecule has 1 aliphatic carbocycles. The van der Waals surface area contributed by atoms with Crippen molar-refractivity contribution < 1.29 is 9.30 Å². The Balaban J connectivity index is 1.75. The zero-order chi connectivity index (χ0) is 22.7. The molecular weight excluding hydrogens is 425 g/mol. The maximum absolute atomic E-state index is 14.8. The van der Waals surface area contributed by atoms with Crippen molar-refractivity contribution in [2.45, 2.75) is 18.8 Å². The van der Waals surface area contributed by atoms with Gasteiger partial charge in [0.2, 0.25) is 7.29 Å². The highest BCUT2D eigenvalue weighted by Crippen LogP contribution is 2.48. The SMILES string of the molecule is COc1cccc(C2CCc3ccccc3/C2=N/P(=O)(c2ccccc2)c2ccccc2)c1. The lowest BCUT2D eigenvalue weighted by Crippen LogP contribution is -2.24. The van der Waals surface area contributed by atoms with Crippen molar-refractivity contribution in [3.05, 3.63) is 126 Å². The Morgan fingerprint density at radius 2 is 1.42 bits per heavy atom. The molecule has 0 fully saturated rings. The molecule has 4 heteroatoms. The van der Waals surface area contributed by atoms with Gasteiger partial charge in [0.05, 0.1) is 12.8 Å². The molecule has 1 unspecified atom stereocenters. The van der Waals surface area contributed by atoms with Crippen LogP contribution >= 0.6 is 7.29 Å². The van der Waals surface area contributed by atoms with Gasteiger partial charge in [0.25, 0.3) is 0 Å². The third-order valence-corrected chi connectivity index (χ3v) is 8.78. The molecule has 4 aromatic rings. The van der Waals surface area contributed by atoms with Crippen LogP contribution in [-0.2, 0) is 11.0 Å². The fourth-order valence-electron chi connectivity index (χ4n) is 4.60. The van der Waals surface area contributed by atoms with E-state index in [2.05, 4.69) is 30.3 Å². The van der Waals surface area contributed by atoms with Crippen LogP contribution in [0.2, 0.25) is 0 Å². The molecule has 0 radical (unpaired) electrons. The number of nitrogens with zero attached hydrogens (tertiary/aromatic N) is 1. The molecule has 0 saturated heterocycles. The van der Waals surface area contributed by atoms with E-state index < -0.39 is 7.29 Å². The highest BCUT2D eigenvalue weighted by Gasteiger charge is 2.33. The number of hydrogen-bond donors (Lipinski definition) is 0. The van der Waals surface area contributed by atoms with E-state index in [1.807, 2.05) is 78.9 Å². The van der Waals surface area contributed by atoms with E-state index in [-0.39, 0.29) is 5.92 Å². The maximum Gasteiger partial charge on any atom is 0.247 e. The lowest BCUT2D eigenvalue weighted by molar-refractivity contribution is 0.414. The molecule has 1 atom stereocenters. The number of ether oxygens (including phenoxy) is 1. The highest BCUT2D eigenvalue weighted by atomic mass is 31.2. The average Bonchev–Trinajstić information content (AvgIpc) is 2.90. The van der Waals surface area contributed by atoms with Crippen molar-refractivity contribution in [2.75, 3.05) is 7.11 Å². The molecule has 0 saturated carbocycles. The van der Waals surface area contributed by atoms with Gasteiger partial charge in [-0.2, -0.15) is 0 Å². The summed E-state index contributed by atoms with van der Waals surface area (Å²) in [5, 5.41) is 1.49. The largest absolute Gasteiger partial charge is 0.497 e. The van der Waals surface area contributed by atoms with Crippen molar-refractivity contribution in [2.24, 2.45) is 4.76 Å². The van der Waals surface area contributed by atoms with Gasteiger partial charge in [-0.05, 0) is 65.9 Å². The van der Waals surface area contributed by atoms with E-state index in [1.54, 1.807) is 7.11 Å². The maximum atomic E-state index is 14.8. The number of rotatable bonds is 5. The van der Waals surface area contributed by atoms with Crippen LogP contribution in [-0.4, -0.2) is 12.8 Å². The standard InChI is InChI=1S/C29H26NO2P/c1-32-24-13-10-12-23(21-24)28-20-19-22-11-8-9-18-27(22)29(28)30-33(31,25-14-4-2-5-15-25)26-16-6-3-7-17-26/h2-18,21,28H,19-20H2,1H3/b30-29-. The zero-order valence-electron chi connectivity index (χ0n) is 18.6. The topological polar surface area (TPSA) is 38.7 Å². The summed E-state index contributed by atoms with van der Waals surface area (Å²) in [7, 11) is -1.58. The van der Waals surface area contributed by atoms with Crippen LogP contribution < -0.4 is 15.3 Å². The summed E-state index contributed by atoms with van der Waals surface area (Å²) in [6, 6.07) is 35.8. The minimum atomic E-state index is -3.27. The van der Waals surface area contributed by atoms with Crippen LogP contribution in [0.3, 0.4) is 0 Å². The second-order valence-electron chi connectivity index (χ2n) is 8.26. The van der Waals surface area contributed by atoms with Crippen LogP contribution in [0.5, 0.6) is 5.75 Å². The van der Waals surface area contributed by atoms with Gasteiger partial charge in [-0.25, -0.2) is 4.76 Å². The van der Waals surface area contributed by atoms with Gasteiger partial charge in [0.15, 0.2) is 0 Å². The van der Waals surface area contributed by atoms with E-state index >= 15 is 0 Å². The van der Waals surface area contributed by atoms with E-state index in [1.165, 1.54) is 5.56 Å². The first kappa shape index (κ1) is 21.4. The van der Waals surface area contributed by atoms with Crippen LogP contribution in [0.1, 0.15) is 29.0 Å². The normalized spacial score (nSPS) is 16.9. The molecule has 0 aromatic heterocycles. The Bertz CT molecular complexity index is 1290. The molecule has 4 aromatic carbocycles. The van der Waals surface area contributed by atoms with E-state index in [4.69, 9.17) is 9.50 Å². The molecule has 1 aliphatic rings. The van der Waals surface area contributed by atoms with E-state index in [0.29, 0.717) is 0 Å². The average molecular weight is 452 g/mol. The lowest BCUT2D eigenvalue weighted by atomic mass is 9.78. The molecule has 164 valence electrons. The number of hydrogen-bond acceptors (Lipinski definition) is 2. The third kappa shape index (κ3) is 4.17. The second kappa shape index (κ2) is 9.21. The van der Waals surface area contributed by atoms with Crippen molar-refractivity contribution in [1.82, 2.24) is 0 Å². The Morgan fingerprint density at radius 1 is 0.788 bits per heavy atom. The number of methoxy groups -OCH3 is 1. The summed E-state index contributed by atoms with van der Waals surface area (Å²) in [6.45, 7) is 0. The summed E-state index contributed by atoms with van der Waals surface area (Å²) < 4.78 is 25.5. The summed E-state index contributed by atoms with van der Waals surface area (Å²) >= 11 is 0. The molecule has 0 aliphatic heterocycles. The fourth-order valence-corrected chi connectivity index (χ4v) is 6.83. The van der Waals surface area contributed by atoms with Gasteiger partial charge in [0.1, 0.15) is 5.75 Å². The summed E-state index contributed by atoms with van der Waals surface area (Å²) in [4.78, 5) is 0. The molecule has 3 nitrogen and oxygen atoms in total. The van der Waals surface area contributed by atoms with Gasteiger partial charge < -0.3 is 4.74 Å². The van der Waals surface area contributed by atoms with Crippen molar-refractivity contribution >= 4 is 23.6 Å². The quantitative estimate of drug-likeness (QED) is 0.342.